The highest BCUT2D eigenvalue weighted by atomic mass is 16.5. The smallest absolute Gasteiger partial charge is 0.252 e. The van der Waals surface area contributed by atoms with Crippen molar-refractivity contribution in [3.05, 3.63) is 0 Å². The standard InChI is InChI=1S/C13H21N3O4/c1-12(2)10(18)15-9(17)7-16(12)11(19)13(8-14)3-5-20-6-4-13/h3-8,14H2,1-2H3,(H,15,17,18). The third kappa shape index (κ3) is 2.31. The van der Waals surface area contributed by atoms with Gasteiger partial charge in [-0.05, 0) is 26.7 Å². The van der Waals surface area contributed by atoms with Crippen molar-refractivity contribution in [3.8, 4) is 0 Å². The zero-order valence-corrected chi connectivity index (χ0v) is 11.9. The van der Waals surface area contributed by atoms with Crippen LogP contribution >= 0.6 is 0 Å². The molecule has 2 aliphatic heterocycles. The fourth-order valence-electron chi connectivity index (χ4n) is 2.66. The Morgan fingerprint density at radius 3 is 2.50 bits per heavy atom. The lowest BCUT2D eigenvalue weighted by Gasteiger charge is -2.46. The van der Waals surface area contributed by atoms with E-state index >= 15 is 0 Å². The first-order valence-corrected chi connectivity index (χ1v) is 6.78. The van der Waals surface area contributed by atoms with Crippen LogP contribution in [-0.4, -0.2) is 54.5 Å². The number of nitrogens with zero attached hydrogens (tertiary/aromatic N) is 1. The van der Waals surface area contributed by atoms with Gasteiger partial charge in [0.25, 0.3) is 5.91 Å². The minimum Gasteiger partial charge on any atom is -0.381 e. The number of piperazine rings is 1. The first-order chi connectivity index (χ1) is 9.33. The van der Waals surface area contributed by atoms with Crippen LogP contribution < -0.4 is 11.1 Å². The summed E-state index contributed by atoms with van der Waals surface area (Å²) >= 11 is 0. The van der Waals surface area contributed by atoms with Crippen molar-refractivity contribution in [2.24, 2.45) is 11.1 Å². The number of carbonyl (C=O) groups excluding carboxylic acids is 3. The van der Waals surface area contributed by atoms with Crippen LogP contribution in [0.2, 0.25) is 0 Å². The van der Waals surface area contributed by atoms with E-state index in [-0.39, 0.29) is 19.0 Å². The second-order valence-corrected chi connectivity index (χ2v) is 5.92. The Morgan fingerprint density at radius 2 is 1.95 bits per heavy atom. The van der Waals surface area contributed by atoms with Crippen LogP contribution in [0, 0.1) is 5.41 Å². The van der Waals surface area contributed by atoms with Crippen LogP contribution in [0.15, 0.2) is 0 Å². The Morgan fingerprint density at radius 1 is 1.35 bits per heavy atom. The van der Waals surface area contributed by atoms with Crippen molar-refractivity contribution in [2.45, 2.75) is 32.2 Å². The molecule has 0 unspecified atom stereocenters. The number of nitrogens with two attached hydrogens (primary N) is 1. The Labute approximate surface area is 117 Å². The summed E-state index contributed by atoms with van der Waals surface area (Å²) in [7, 11) is 0. The summed E-state index contributed by atoms with van der Waals surface area (Å²) in [5, 5.41) is 2.26. The normalized spacial score (nSPS) is 25.2. The lowest BCUT2D eigenvalue weighted by Crippen LogP contribution is -2.68. The molecule has 0 atom stereocenters. The molecular formula is C13H21N3O4. The van der Waals surface area contributed by atoms with E-state index < -0.39 is 22.8 Å². The summed E-state index contributed by atoms with van der Waals surface area (Å²) in [6.45, 7) is 4.29. The molecule has 7 nitrogen and oxygen atoms in total. The maximum atomic E-state index is 12.9. The molecular weight excluding hydrogens is 262 g/mol. The van der Waals surface area contributed by atoms with E-state index in [1.807, 2.05) is 0 Å². The summed E-state index contributed by atoms with van der Waals surface area (Å²) in [6.07, 6.45) is 1.04. The molecule has 3 amide bonds. The molecule has 3 N–H and O–H groups in total. The molecule has 20 heavy (non-hydrogen) atoms. The number of hydrogen-bond acceptors (Lipinski definition) is 5. The average molecular weight is 283 g/mol. The lowest BCUT2D eigenvalue weighted by atomic mass is 9.77. The number of amides is 3. The van der Waals surface area contributed by atoms with Gasteiger partial charge in [-0.2, -0.15) is 0 Å². The number of carbonyl (C=O) groups is 3. The summed E-state index contributed by atoms with van der Waals surface area (Å²) in [5.74, 6) is -1.14. The van der Waals surface area contributed by atoms with Crippen molar-refractivity contribution in [2.75, 3.05) is 26.3 Å². The van der Waals surface area contributed by atoms with Gasteiger partial charge in [0.05, 0.1) is 5.41 Å². The second-order valence-electron chi connectivity index (χ2n) is 5.92. The van der Waals surface area contributed by atoms with E-state index in [1.54, 1.807) is 13.8 Å². The number of rotatable bonds is 2. The van der Waals surface area contributed by atoms with E-state index in [1.165, 1.54) is 4.90 Å². The summed E-state index contributed by atoms with van der Waals surface area (Å²) in [5.41, 5.74) is 4.04. The molecule has 2 fully saturated rings. The molecule has 7 heteroatoms. The van der Waals surface area contributed by atoms with Gasteiger partial charge in [0.1, 0.15) is 12.1 Å². The topological polar surface area (TPSA) is 102 Å². The van der Waals surface area contributed by atoms with E-state index in [2.05, 4.69) is 5.32 Å². The molecule has 2 aliphatic rings. The highest BCUT2D eigenvalue weighted by molar-refractivity contribution is 6.06. The largest absolute Gasteiger partial charge is 0.381 e. The van der Waals surface area contributed by atoms with Gasteiger partial charge in [-0.15, -0.1) is 0 Å². The van der Waals surface area contributed by atoms with Gasteiger partial charge in [0.15, 0.2) is 0 Å². The van der Waals surface area contributed by atoms with Gasteiger partial charge < -0.3 is 15.4 Å². The molecule has 0 aromatic carbocycles. The van der Waals surface area contributed by atoms with E-state index in [0.717, 1.165) is 0 Å². The van der Waals surface area contributed by atoms with E-state index in [4.69, 9.17) is 10.5 Å². The average Bonchev–Trinajstić information content (AvgIpc) is 2.43. The summed E-state index contributed by atoms with van der Waals surface area (Å²) in [6, 6.07) is 0. The van der Waals surface area contributed by atoms with Crippen molar-refractivity contribution < 1.29 is 19.1 Å². The number of imide groups is 1. The van der Waals surface area contributed by atoms with Crippen molar-refractivity contribution in [1.29, 1.82) is 0 Å². The fourth-order valence-corrected chi connectivity index (χ4v) is 2.66. The molecule has 0 radical (unpaired) electrons. The first kappa shape index (κ1) is 14.9. The molecule has 0 aromatic heterocycles. The molecule has 0 saturated carbocycles. The van der Waals surface area contributed by atoms with Crippen LogP contribution in [0.3, 0.4) is 0 Å². The van der Waals surface area contributed by atoms with E-state index in [0.29, 0.717) is 26.1 Å². The number of ether oxygens (including phenoxy) is 1. The fraction of sp³-hybridized carbons (Fsp3) is 0.769. The van der Waals surface area contributed by atoms with Crippen LogP contribution in [0.25, 0.3) is 0 Å². The van der Waals surface area contributed by atoms with Crippen molar-refractivity contribution in [3.63, 3.8) is 0 Å². The van der Waals surface area contributed by atoms with Gasteiger partial charge >= 0.3 is 0 Å². The van der Waals surface area contributed by atoms with Gasteiger partial charge in [-0.25, -0.2) is 0 Å². The minimum absolute atomic E-state index is 0.111. The maximum Gasteiger partial charge on any atom is 0.252 e. The first-order valence-electron chi connectivity index (χ1n) is 6.78. The molecule has 0 aromatic rings. The quantitative estimate of drug-likeness (QED) is 0.633. The van der Waals surface area contributed by atoms with Crippen molar-refractivity contribution in [1.82, 2.24) is 10.2 Å². The Kier molecular flexibility index (Phi) is 3.84. The number of hydrogen-bond donors (Lipinski definition) is 2. The third-order valence-electron chi connectivity index (χ3n) is 4.32. The molecule has 0 spiro atoms. The Bertz CT molecular complexity index is 441. The minimum atomic E-state index is -1.05. The molecule has 112 valence electrons. The second kappa shape index (κ2) is 5.14. The number of nitrogens with one attached hydrogen (secondary N) is 1. The van der Waals surface area contributed by atoms with Crippen LogP contribution in [0.4, 0.5) is 0 Å². The lowest BCUT2D eigenvalue weighted by molar-refractivity contribution is -0.164. The van der Waals surface area contributed by atoms with Crippen molar-refractivity contribution >= 4 is 17.7 Å². The molecule has 2 saturated heterocycles. The maximum absolute atomic E-state index is 12.9. The van der Waals surface area contributed by atoms with Gasteiger partial charge in [-0.3, -0.25) is 19.7 Å². The van der Waals surface area contributed by atoms with Gasteiger partial charge in [0.2, 0.25) is 11.8 Å². The monoisotopic (exact) mass is 283 g/mol. The van der Waals surface area contributed by atoms with Crippen LogP contribution in [-0.2, 0) is 19.1 Å². The zero-order valence-electron chi connectivity index (χ0n) is 11.9. The zero-order chi connectivity index (χ0) is 15.0. The predicted octanol–water partition coefficient (Wildman–Crippen LogP) is -0.994. The van der Waals surface area contributed by atoms with Crippen LogP contribution in [0.1, 0.15) is 26.7 Å². The van der Waals surface area contributed by atoms with E-state index in [9.17, 15) is 14.4 Å². The third-order valence-corrected chi connectivity index (χ3v) is 4.32. The predicted molar refractivity (Wildman–Crippen MR) is 70.5 cm³/mol. The highest BCUT2D eigenvalue weighted by Crippen LogP contribution is 2.34. The molecule has 2 rings (SSSR count). The van der Waals surface area contributed by atoms with Crippen LogP contribution in [0.5, 0.6) is 0 Å². The van der Waals surface area contributed by atoms with Gasteiger partial charge in [0, 0.05) is 19.8 Å². The molecule has 0 bridgehead atoms. The highest BCUT2D eigenvalue weighted by Gasteiger charge is 2.50. The summed E-state index contributed by atoms with van der Waals surface area (Å²) in [4.78, 5) is 37.7. The Hall–Kier alpha value is -1.47. The molecule has 0 aliphatic carbocycles. The Balaban J connectivity index is 2.30. The van der Waals surface area contributed by atoms with Gasteiger partial charge in [-0.1, -0.05) is 0 Å². The summed E-state index contributed by atoms with van der Waals surface area (Å²) < 4.78 is 5.29. The SMILES string of the molecule is CC1(C)C(=O)NC(=O)CN1C(=O)C1(CN)CCOCC1. The molecule has 2 heterocycles.